The molecule has 7 heteroatoms. The van der Waals surface area contributed by atoms with Gasteiger partial charge < -0.3 is 24.6 Å². The highest BCUT2D eigenvalue weighted by Gasteiger charge is 2.46. The third kappa shape index (κ3) is 4.77. The minimum Gasteiger partial charge on any atom is -0.507 e. The fourth-order valence-corrected chi connectivity index (χ4v) is 4.34. The van der Waals surface area contributed by atoms with E-state index in [0.29, 0.717) is 23.5 Å². The van der Waals surface area contributed by atoms with Crippen LogP contribution in [0.4, 0.5) is 0 Å². The number of rotatable bonds is 8. The number of aliphatic hydroxyl groups excluding tert-OH is 1. The predicted molar refractivity (Wildman–Crippen MR) is 136 cm³/mol. The molecule has 1 atom stereocenters. The molecular weight excluding hydrogens is 458 g/mol. The van der Waals surface area contributed by atoms with E-state index in [4.69, 9.17) is 9.47 Å². The largest absolute Gasteiger partial charge is 0.507 e. The van der Waals surface area contributed by atoms with E-state index in [1.54, 1.807) is 50.4 Å². The molecule has 3 aromatic rings. The number of aliphatic hydroxyl groups is 1. The second-order valence-electron chi connectivity index (χ2n) is 8.49. The number of hydrogen-bond acceptors (Lipinski definition) is 6. The number of benzene rings is 3. The molecule has 1 fully saturated rings. The third-order valence-electron chi connectivity index (χ3n) is 6.29. The highest BCUT2D eigenvalue weighted by Crippen LogP contribution is 2.42. The highest BCUT2D eigenvalue weighted by molar-refractivity contribution is 6.46. The first kappa shape index (κ1) is 24.9. The Morgan fingerprint density at radius 3 is 2.22 bits per heavy atom. The van der Waals surface area contributed by atoms with Crippen LogP contribution in [0.2, 0.25) is 0 Å². The SMILES string of the molecule is CCOc1cc(C2/C(=C(/O)c3ccc(CC)cc3)C(=O)C(=O)N2Cc2ccc(OC)cc2)ccc1O. The van der Waals surface area contributed by atoms with E-state index in [9.17, 15) is 19.8 Å². The summed E-state index contributed by atoms with van der Waals surface area (Å²) in [4.78, 5) is 28.0. The van der Waals surface area contributed by atoms with Gasteiger partial charge in [-0.25, -0.2) is 0 Å². The molecule has 1 amide bonds. The molecule has 1 unspecified atom stereocenters. The van der Waals surface area contributed by atoms with Gasteiger partial charge in [-0.1, -0.05) is 49.4 Å². The lowest BCUT2D eigenvalue weighted by atomic mass is 9.94. The molecule has 186 valence electrons. The van der Waals surface area contributed by atoms with Gasteiger partial charge >= 0.3 is 0 Å². The van der Waals surface area contributed by atoms with Crippen molar-refractivity contribution in [3.05, 3.63) is 94.6 Å². The molecule has 7 nitrogen and oxygen atoms in total. The number of Topliss-reactive ketones (excluding diaryl/α,β-unsaturated/α-hetero) is 1. The van der Waals surface area contributed by atoms with Crippen LogP contribution in [0.15, 0.2) is 72.3 Å². The first-order valence-corrected chi connectivity index (χ1v) is 11.8. The number of aryl methyl sites for hydroxylation is 1. The number of nitrogens with zero attached hydrogens (tertiary/aromatic N) is 1. The van der Waals surface area contributed by atoms with Crippen LogP contribution in [0, 0.1) is 0 Å². The topological polar surface area (TPSA) is 96.3 Å². The van der Waals surface area contributed by atoms with Crippen molar-refractivity contribution in [1.29, 1.82) is 0 Å². The third-order valence-corrected chi connectivity index (χ3v) is 6.29. The molecule has 0 radical (unpaired) electrons. The number of carbonyl (C=O) groups excluding carboxylic acids is 2. The second-order valence-corrected chi connectivity index (χ2v) is 8.49. The van der Waals surface area contributed by atoms with Gasteiger partial charge in [-0.05, 0) is 54.3 Å². The summed E-state index contributed by atoms with van der Waals surface area (Å²) in [5, 5.41) is 21.5. The van der Waals surface area contributed by atoms with E-state index in [2.05, 4.69) is 0 Å². The van der Waals surface area contributed by atoms with Gasteiger partial charge in [0.15, 0.2) is 11.5 Å². The number of phenolic OH excluding ortho intramolecular Hbond substituents is 1. The molecular formula is C29H29NO6. The molecule has 1 aliphatic heterocycles. The normalized spacial score (nSPS) is 16.9. The van der Waals surface area contributed by atoms with Gasteiger partial charge in [0, 0.05) is 12.1 Å². The Labute approximate surface area is 210 Å². The van der Waals surface area contributed by atoms with Gasteiger partial charge in [0.2, 0.25) is 0 Å². The fourth-order valence-electron chi connectivity index (χ4n) is 4.34. The summed E-state index contributed by atoms with van der Waals surface area (Å²) in [6, 6.07) is 18.3. The fraction of sp³-hybridized carbons (Fsp3) is 0.241. The summed E-state index contributed by atoms with van der Waals surface area (Å²) in [5.74, 6) is -0.873. The molecule has 1 aliphatic rings. The smallest absolute Gasteiger partial charge is 0.295 e. The van der Waals surface area contributed by atoms with Crippen LogP contribution < -0.4 is 9.47 Å². The van der Waals surface area contributed by atoms with Gasteiger partial charge in [0.25, 0.3) is 11.7 Å². The van der Waals surface area contributed by atoms with E-state index in [-0.39, 0.29) is 29.4 Å². The Kier molecular flexibility index (Phi) is 7.29. The minimum absolute atomic E-state index is 0.00843. The quantitative estimate of drug-likeness (QED) is 0.264. The number of carbonyl (C=O) groups is 2. The first-order chi connectivity index (χ1) is 17.4. The summed E-state index contributed by atoms with van der Waals surface area (Å²) in [5.41, 5.74) is 2.85. The van der Waals surface area contributed by atoms with Crippen LogP contribution >= 0.6 is 0 Å². The average Bonchev–Trinajstić information content (AvgIpc) is 3.15. The predicted octanol–water partition coefficient (Wildman–Crippen LogP) is 4.98. The monoisotopic (exact) mass is 487 g/mol. The summed E-state index contributed by atoms with van der Waals surface area (Å²) >= 11 is 0. The van der Waals surface area contributed by atoms with E-state index in [1.165, 1.54) is 11.0 Å². The van der Waals surface area contributed by atoms with Crippen LogP contribution in [0.3, 0.4) is 0 Å². The van der Waals surface area contributed by atoms with Crippen molar-refractivity contribution >= 4 is 17.4 Å². The van der Waals surface area contributed by atoms with Gasteiger partial charge in [0.05, 0.1) is 25.3 Å². The summed E-state index contributed by atoms with van der Waals surface area (Å²) < 4.78 is 10.8. The van der Waals surface area contributed by atoms with E-state index >= 15 is 0 Å². The number of aromatic hydroxyl groups is 1. The van der Waals surface area contributed by atoms with Crippen molar-refractivity contribution in [1.82, 2.24) is 4.90 Å². The van der Waals surface area contributed by atoms with Crippen molar-refractivity contribution in [2.24, 2.45) is 0 Å². The zero-order valence-corrected chi connectivity index (χ0v) is 20.5. The number of likely N-dealkylation sites (tertiary alicyclic amines) is 1. The van der Waals surface area contributed by atoms with Crippen LogP contribution in [0.5, 0.6) is 17.2 Å². The van der Waals surface area contributed by atoms with E-state index in [0.717, 1.165) is 17.5 Å². The Morgan fingerprint density at radius 1 is 0.944 bits per heavy atom. The van der Waals surface area contributed by atoms with Crippen LogP contribution in [-0.4, -0.2) is 40.5 Å². The Hall–Kier alpha value is -4.26. The van der Waals surface area contributed by atoms with Gasteiger partial charge in [-0.3, -0.25) is 9.59 Å². The molecule has 0 aliphatic carbocycles. The minimum atomic E-state index is -0.877. The Balaban J connectivity index is 1.84. The molecule has 2 N–H and O–H groups in total. The molecule has 1 saturated heterocycles. The van der Waals surface area contributed by atoms with E-state index < -0.39 is 17.7 Å². The van der Waals surface area contributed by atoms with Crippen LogP contribution in [0.1, 0.15) is 42.1 Å². The number of ketones is 1. The molecule has 0 saturated carbocycles. The van der Waals surface area contributed by atoms with Gasteiger partial charge in [-0.15, -0.1) is 0 Å². The maximum atomic E-state index is 13.3. The lowest BCUT2D eigenvalue weighted by Crippen LogP contribution is -2.29. The molecule has 1 heterocycles. The maximum absolute atomic E-state index is 13.3. The van der Waals surface area contributed by atoms with Gasteiger partial charge in [0.1, 0.15) is 11.5 Å². The standard InChI is InChI=1S/C29H29NO6/c1-4-18-6-10-20(11-7-18)27(32)25-26(21-12-15-23(31)24(16-21)36-5-2)30(29(34)28(25)33)17-19-8-13-22(35-3)14-9-19/h6-16,26,31-32H,4-5,17H2,1-3H3/b27-25-. The van der Waals surface area contributed by atoms with Crippen LogP contribution in [0.25, 0.3) is 5.76 Å². The number of amides is 1. The molecule has 4 rings (SSSR count). The molecule has 0 bridgehead atoms. The van der Waals surface area contributed by atoms with Crippen molar-refractivity contribution in [3.8, 4) is 17.2 Å². The Morgan fingerprint density at radius 2 is 1.61 bits per heavy atom. The molecule has 36 heavy (non-hydrogen) atoms. The van der Waals surface area contributed by atoms with Crippen molar-refractivity contribution in [2.75, 3.05) is 13.7 Å². The number of phenols is 1. The Bertz CT molecular complexity index is 1290. The summed E-state index contributed by atoms with van der Waals surface area (Å²) in [7, 11) is 1.57. The zero-order valence-electron chi connectivity index (χ0n) is 20.5. The van der Waals surface area contributed by atoms with Crippen LogP contribution in [-0.2, 0) is 22.6 Å². The first-order valence-electron chi connectivity index (χ1n) is 11.8. The van der Waals surface area contributed by atoms with E-state index in [1.807, 2.05) is 31.2 Å². The second kappa shape index (κ2) is 10.6. The van der Waals surface area contributed by atoms with Crippen molar-refractivity contribution in [3.63, 3.8) is 0 Å². The average molecular weight is 488 g/mol. The van der Waals surface area contributed by atoms with Crippen molar-refractivity contribution < 1.29 is 29.3 Å². The lowest BCUT2D eigenvalue weighted by molar-refractivity contribution is -0.140. The number of ether oxygens (including phenoxy) is 2. The summed E-state index contributed by atoms with van der Waals surface area (Å²) in [6.45, 7) is 4.28. The molecule has 3 aromatic carbocycles. The lowest BCUT2D eigenvalue weighted by Gasteiger charge is -2.26. The number of methoxy groups -OCH3 is 1. The highest BCUT2D eigenvalue weighted by atomic mass is 16.5. The van der Waals surface area contributed by atoms with Gasteiger partial charge in [-0.2, -0.15) is 0 Å². The number of hydrogen-bond donors (Lipinski definition) is 2. The summed E-state index contributed by atoms with van der Waals surface area (Å²) in [6.07, 6.45) is 0.834. The van der Waals surface area contributed by atoms with Crippen molar-refractivity contribution in [2.45, 2.75) is 32.9 Å². The maximum Gasteiger partial charge on any atom is 0.295 e. The zero-order chi connectivity index (χ0) is 25.8. The molecule has 0 spiro atoms. The molecule has 0 aromatic heterocycles.